The van der Waals surface area contributed by atoms with Crippen LogP contribution in [0.3, 0.4) is 0 Å². The number of hydrogen-bond acceptors (Lipinski definition) is 3. The van der Waals surface area contributed by atoms with Crippen LogP contribution in [0.1, 0.15) is 25.7 Å². The lowest BCUT2D eigenvalue weighted by molar-refractivity contribution is 0.267. The molecule has 0 heterocycles. The number of ether oxygens (including phenoxy) is 2. The average molecular weight is 284 g/mol. The normalized spacial score (nSPS) is 17.4. The quantitative estimate of drug-likeness (QED) is 0.616. The van der Waals surface area contributed by atoms with Gasteiger partial charge in [0.1, 0.15) is 6.61 Å². The summed E-state index contributed by atoms with van der Waals surface area (Å²) in [5.41, 5.74) is 0.131. The van der Waals surface area contributed by atoms with Crippen LogP contribution in [0.25, 0.3) is 0 Å². The molecule has 1 aromatic carbocycles. The lowest BCUT2D eigenvalue weighted by Gasteiger charge is -2.28. The fourth-order valence-electron chi connectivity index (χ4n) is 2.62. The molecule has 0 aromatic heterocycles. The number of halogens is 1. The fraction of sp³-hybridized carbons (Fsp3) is 0.600. The van der Waals surface area contributed by atoms with Crippen LogP contribution < -0.4 is 14.8 Å². The largest absolute Gasteiger partial charge is 0.493 e. The van der Waals surface area contributed by atoms with E-state index in [-0.39, 0.29) is 5.54 Å². The predicted octanol–water partition coefficient (Wildman–Crippen LogP) is 3.22. The molecule has 1 saturated carbocycles. The van der Waals surface area contributed by atoms with Crippen molar-refractivity contribution >= 4 is 11.6 Å². The Hall–Kier alpha value is -0.930. The van der Waals surface area contributed by atoms with Gasteiger partial charge < -0.3 is 14.8 Å². The summed E-state index contributed by atoms with van der Waals surface area (Å²) in [7, 11) is 1.65. The van der Waals surface area contributed by atoms with Crippen LogP contribution >= 0.6 is 11.6 Å². The van der Waals surface area contributed by atoms with E-state index in [2.05, 4.69) is 5.32 Å². The number of nitrogens with one attached hydrogen (secondary N) is 1. The van der Waals surface area contributed by atoms with Gasteiger partial charge in [-0.2, -0.15) is 0 Å². The van der Waals surface area contributed by atoms with Crippen molar-refractivity contribution in [3.63, 3.8) is 0 Å². The van der Waals surface area contributed by atoms with E-state index in [1.54, 1.807) is 7.11 Å². The topological polar surface area (TPSA) is 30.5 Å². The second kappa shape index (κ2) is 7.01. The molecule has 0 unspecified atom stereocenters. The minimum atomic E-state index is 0.131. The molecular weight excluding hydrogens is 262 g/mol. The van der Waals surface area contributed by atoms with E-state index in [9.17, 15) is 0 Å². The minimum Gasteiger partial charge on any atom is -0.493 e. The number of methoxy groups -OCH3 is 1. The van der Waals surface area contributed by atoms with Gasteiger partial charge in [0.15, 0.2) is 11.5 Å². The van der Waals surface area contributed by atoms with Crippen LogP contribution in [-0.4, -0.2) is 31.7 Å². The van der Waals surface area contributed by atoms with Gasteiger partial charge in [0, 0.05) is 18.0 Å². The molecule has 3 nitrogen and oxygen atoms in total. The predicted molar refractivity (Wildman–Crippen MR) is 78.4 cm³/mol. The first-order chi connectivity index (χ1) is 9.29. The number of para-hydroxylation sites is 2. The Morgan fingerprint density at radius 2 is 1.89 bits per heavy atom. The molecule has 1 aromatic rings. The lowest BCUT2D eigenvalue weighted by atomic mass is 10.0. The highest BCUT2D eigenvalue weighted by atomic mass is 35.5. The maximum absolute atomic E-state index is 6.08. The van der Waals surface area contributed by atoms with Gasteiger partial charge in [-0.05, 0) is 25.0 Å². The zero-order valence-electron chi connectivity index (χ0n) is 11.5. The highest BCUT2D eigenvalue weighted by Crippen LogP contribution is 2.30. The zero-order chi connectivity index (χ0) is 13.6. The van der Waals surface area contributed by atoms with Crippen LogP contribution in [0.5, 0.6) is 11.5 Å². The highest BCUT2D eigenvalue weighted by molar-refractivity contribution is 6.18. The van der Waals surface area contributed by atoms with Gasteiger partial charge in [-0.15, -0.1) is 11.6 Å². The third-order valence-electron chi connectivity index (χ3n) is 3.75. The molecule has 1 fully saturated rings. The van der Waals surface area contributed by atoms with Crippen LogP contribution in [0.15, 0.2) is 24.3 Å². The molecule has 106 valence electrons. The van der Waals surface area contributed by atoms with E-state index < -0.39 is 0 Å². The first-order valence-corrected chi connectivity index (χ1v) is 7.40. The molecule has 0 atom stereocenters. The first kappa shape index (κ1) is 14.5. The summed E-state index contributed by atoms with van der Waals surface area (Å²) in [5.74, 6) is 2.25. The van der Waals surface area contributed by atoms with Gasteiger partial charge >= 0.3 is 0 Å². The summed E-state index contributed by atoms with van der Waals surface area (Å²) in [6.45, 7) is 1.43. The zero-order valence-corrected chi connectivity index (χ0v) is 12.2. The minimum absolute atomic E-state index is 0.131. The lowest BCUT2D eigenvalue weighted by Crippen LogP contribution is -2.46. The molecule has 0 bridgehead atoms. The van der Waals surface area contributed by atoms with Gasteiger partial charge in [-0.3, -0.25) is 0 Å². The molecule has 1 aliphatic carbocycles. The molecule has 4 heteroatoms. The highest BCUT2D eigenvalue weighted by Gasteiger charge is 2.31. The van der Waals surface area contributed by atoms with Crippen molar-refractivity contribution in [3.05, 3.63) is 24.3 Å². The molecular formula is C15H22ClNO2. The Kier molecular flexibility index (Phi) is 5.34. The Morgan fingerprint density at radius 3 is 2.53 bits per heavy atom. The summed E-state index contributed by atoms with van der Waals surface area (Å²) in [4.78, 5) is 0. The smallest absolute Gasteiger partial charge is 0.161 e. The Morgan fingerprint density at radius 1 is 1.21 bits per heavy atom. The van der Waals surface area contributed by atoms with Crippen LogP contribution in [0, 0.1) is 0 Å². The maximum Gasteiger partial charge on any atom is 0.161 e. The monoisotopic (exact) mass is 283 g/mol. The van der Waals surface area contributed by atoms with Crippen molar-refractivity contribution in [1.82, 2.24) is 5.32 Å². The molecule has 1 aliphatic rings. The summed E-state index contributed by atoms with van der Waals surface area (Å²) >= 11 is 6.08. The summed E-state index contributed by atoms with van der Waals surface area (Å²) in [5, 5.41) is 3.55. The standard InChI is InChI=1S/C15H22ClNO2/c1-18-13-6-2-3-7-14(13)19-11-10-17-15(12-16)8-4-5-9-15/h2-3,6-7,17H,4-5,8-12H2,1H3. The first-order valence-electron chi connectivity index (χ1n) is 6.86. The van der Waals surface area contributed by atoms with E-state index in [0.29, 0.717) is 12.5 Å². The van der Waals surface area contributed by atoms with E-state index in [1.807, 2.05) is 24.3 Å². The van der Waals surface area contributed by atoms with Crippen LogP contribution in [0.4, 0.5) is 0 Å². The third kappa shape index (κ3) is 3.77. The second-order valence-electron chi connectivity index (χ2n) is 5.05. The number of alkyl halides is 1. The SMILES string of the molecule is COc1ccccc1OCCNC1(CCl)CCCC1. The molecule has 0 radical (unpaired) electrons. The fourth-order valence-corrected chi connectivity index (χ4v) is 2.99. The van der Waals surface area contributed by atoms with Gasteiger partial charge in [0.05, 0.1) is 7.11 Å². The van der Waals surface area contributed by atoms with E-state index >= 15 is 0 Å². The van der Waals surface area contributed by atoms with E-state index in [1.165, 1.54) is 25.7 Å². The van der Waals surface area contributed by atoms with Gasteiger partial charge in [0.2, 0.25) is 0 Å². The Labute approximate surface area is 120 Å². The molecule has 1 N–H and O–H groups in total. The average Bonchev–Trinajstić information content (AvgIpc) is 2.93. The number of hydrogen-bond donors (Lipinski definition) is 1. The van der Waals surface area contributed by atoms with Crippen molar-refractivity contribution in [2.24, 2.45) is 0 Å². The van der Waals surface area contributed by atoms with Crippen molar-refractivity contribution in [3.8, 4) is 11.5 Å². The van der Waals surface area contributed by atoms with Gasteiger partial charge in [-0.25, -0.2) is 0 Å². The van der Waals surface area contributed by atoms with E-state index in [4.69, 9.17) is 21.1 Å². The van der Waals surface area contributed by atoms with Crippen molar-refractivity contribution < 1.29 is 9.47 Å². The summed E-state index contributed by atoms with van der Waals surface area (Å²) in [6.07, 6.45) is 4.89. The third-order valence-corrected chi connectivity index (χ3v) is 4.26. The molecule has 0 saturated heterocycles. The number of benzene rings is 1. The van der Waals surface area contributed by atoms with Crippen molar-refractivity contribution in [2.75, 3.05) is 26.1 Å². The molecule has 2 rings (SSSR count). The Balaban J connectivity index is 1.77. The molecule has 0 aliphatic heterocycles. The maximum atomic E-state index is 6.08. The van der Waals surface area contributed by atoms with E-state index in [0.717, 1.165) is 18.0 Å². The second-order valence-corrected chi connectivity index (χ2v) is 5.31. The Bertz CT molecular complexity index is 391. The van der Waals surface area contributed by atoms with Crippen LogP contribution in [0.2, 0.25) is 0 Å². The van der Waals surface area contributed by atoms with Crippen molar-refractivity contribution in [2.45, 2.75) is 31.2 Å². The number of rotatable bonds is 7. The molecule has 0 amide bonds. The molecule has 0 spiro atoms. The van der Waals surface area contributed by atoms with Crippen molar-refractivity contribution in [1.29, 1.82) is 0 Å². The van der Waals surface area contributed by atoms with Gasteiger partial charge in [0.25, 0.3) is 0 Å². The summed E-state index contributed by atoms with van der Waals surface area (Å²) in [6, 6.07) is 7.71. The van der Waals surface area contributed by atoms with Gasteiger partial charge in [-0.1, -0.05) is 25.0 Å². The molecule has 19 heavy (non-hydrogen) atoms. The van der Waals surface area contributed by atoms with Crippen LogP contribution in [-0.2, 0) is 0 Å². The summed E-state index contributed by atoms with van der Waals surface area (Å²) < 4.78 is 11.0.